The first-order valence-electron chi connectivity index (χ1n) is 11.0. The van der Waals surface area contributed by atoms with Crippen LogP contribution in [-0.2, 0) is 16.0 Å². The number of nitrogens with one attached hydrogen (secondary N) is 1. The second-order valence-corrected chi connectivity index (χ2v) is 9.15. The number of ether oxygens (including phenoxy) is 1. The molecule has 2 heterocycles. The summed E-state index contributed by atoms with van der Waals surface area (Å²) in [7, 11) is 0. The standard InChI is InChI=1S/C26H28N2O3S/c1-19-17-28(18-24(31-19)20-8-3-2-4-9-20)26(30)21-10-5-11-22(16-21)27-25(29)14-6-12-23-13-7-15-32-23/h2-5,7-11,13,15-16,19,24H,6,12,14,17-18H2,1H3,(H,27,29). The quantitative estimate of drug-likeness (QED) is 0.533. The van der Waals surface area contributed by atoms with Gasteiger partial charge < -0.3 is 15.0 Å². The van der Waals surface area contributed by atoms with E-state index < -0.39 is 0 Å². The fourth-order valence-corrected chi connectivity index (χ4v) is 4.73. The van der Waals surface area contributed by atoms with Crippen molar-refractivity contribution in [2.24, 2.45) is 0 Å². The van der Waals surface area contributed by atoms with Gasteiger partial charge in [0.2, 0.25) is 5.91 Å². The number of hydrogen-bond donors (Lipinski definition) is 1. The molecule has 1 N–H and O–H groups in total. The van der Waals surface area contributed by atoms with Crippen LogP contribution in [0.15, 0.2) is 72.1 Å². The van der Waals surface area contributed by atoms with Crippen molar-refractivity contribution in [2.45, 2.75) is 38.4 Å². The van der Waals surface area contributed by atoms with Crippen LogP contribution in [0.4, 0.5) is 5.69 Å². The highest BCUT2D eigenvalue weighted by atomic mass is 32.1. The molecule has 1 saturated heterocycles. The Balaban J connectivity index is 1.36. The van der Waals surface area contributed by atoms with E-state index in [4.69, 9.17) is 4.74 Å². The molecule has 2 unspecified atom stereocenters. The number of amides is 2. The predicted octanol–water partition coefficient (Wildman–Crippen LogP) is 5.31. The molecule has 0 saturated carbocycles. The minimum absolute atomic E-state index is 0.0321. The Kier molecular flexibility index (Phi) is 7.35. The molecule has 0 spiro atoms. The number of anilines is 1. The summed E-state index contributed by atoms with van der Waals surface area (Å²) in [5.74, 6) is -0.0785. The lowest BCUT2D eigenvalue weighted by Crippen LogP contribution is -2.46. The Hall–Kier alpha value is -2.96. The molecule has 0 bridgehead atoms. The van der Waals surface area contributed by atoms with Crippen LogP contribution in [0, 0.1) is 0 Å². The lowest BCUT2D eigenvalue weighted by atomic mass is 10.1. The number of carbonyl (C=O) groups excluding carboxylic acids is 2. The van der Waals surface area contributed by atoms with E-state index in [1.54, 1.807) is 23.5 Å². The van der Waals surface area contributed by atoms with Crippen LogP contribution in [0.2, 0.25) is 0 Å². The molecule has 2 aromatic carbocycles. The van der Waals surface area contributed by atoms with Gasteiger partial charge in [0.1, 0.15) is 6.10 Å². The summed E-state index contributed by atoms with van der Waals surface area (Å²) in [6.45, 7) is 3.04. The van der Waals surface area contributed by atoms with E-state index in [1.807, 2.05) is 60.4 Å². The largest absolute Gasteiger partial charge is 0.367 e. The van der Waals surface area contributed by atoms with E-state index in [-0.39, 0.29) is 24.0 Å². The first-order chi connectivity index (χ1) is 15.6. The zero-order valence-corrected chi connectivity index (χ0v) is 19.0. The first kappa shape index (κ1) is 22.2. The molecule has 0 radical (unpaired) electrons. The smallest absolute Gasteiger partial charge is 0.254 e. The van der Waals surface area contributed by atoms with Crippen molar-refractivity contribution in [3.63, 3.8) is 0 Å². The number of hydrogen-bond acceptors (Lipinski definition) is 4. The second kappa shape index (κ2) is 10.6. The van der Waals surface area contributed by atoms with Gasteiger partial charge in [0.15, 0.2) is 0 Å². The monoisotopic (exact) mass is 448 g/mol. The highest BCUT2D eigenvalue weighted by Crippen LogP contribution is 2.26. The Labute approximate surface area is 193 Å². The number of rotatable bonds is 7. The van der Waals surface area contributed by atoms with Crippen molar-refractivity contribution in [3.8, 4) is 0 Å². The van der Waals surface area contributed by atoms with Crippen molar-refractivity contribution in [3.05, 3.63) is 88.1 Å². The number of thiophene rings is 1. The van der Waals surface area contributed by atoms with Crippen LogP contribution in [0.25, 0.3) is 0 Å². The lowest BCUT2D eigenvalue weighted by Gasteiger charge is -2.37. The van der Waals surface area contributed by atoms with E-state index >= 15 is 0 Å². The number of aryl methyl sites for hydroxylation is 1. The van der Waals surface area contributed by atoms with Crippen LogP contribution in [0.1, 0.15) is 46.7 Å². The van der Waals surface area contributed by atoms with Crippen molar-refractivity contribution in [2.75, 3.05) is 18.4 Å². The lowest BCUT2D eigenvalue weighted by molar-refractivity contribution is -0.116. The average molecular weight is 449 g/mol. The summed E-state index contributed by atoms with van der Waals surface area (Å²) in [6, 6.07) is 21.3. The minimum atomic E-state index is -0.143. The highest BCUT2D eigenvalue weighted by Gasteiger charge is 2.30. The SMILES string of the molecule is CC1CN(C(=O)c2cccc(NC(=O)CCCc3cccs3)c2)CC(c2ccccc2)O1. The molecule has 6 heteroatoms. The highest BCUT2D eigenvalue weighted by molar-refractivity contribution is 7.09. The van der Waals surface area contributed by atoms with Gasteiger partial charge in [0.05, 0.1) is 12.6 Å². The van der Waals surface area contributed by atoms with Crippen molar-refractivity contribution in [1.29, 1.82) is 0 Å². The molecule has 166 valence electrons. The Morgan fingerprint density at radius 1 is 1.06 bits per heavy atom. The molecular weight excluding hydrogens is 420 g/mol. The minimum Gasteiger partial charge on any atom is -0.367 e. The molecule has 2 amide bonds. The van der Waals surface area contributed by atoms with Crippen LogP contribution in [-0.4, -0.2) is 35.9 Å². The van der Waals surface area contributed by atoms with Gasteiger partial charge in [-0.3, -0.25) is 9.59 Å². The topological polar surface area (TPSA) is 58.6 Å². The van der Waals surface area contributed by atoms with Gasteiger partial charge in [0, 0.05) is 29.1 Å². The van der Waals surface area contributed by atoms with E-state index in [2.05, 4.69) is 16.8 Å². The average Bonchev–Trinajstić information content (AvgIpc) is 3.32. The van der Waals surface area contributed by atoms with Crippen molar-refractivity contribution in [1.82, 2.24) is 4.90 Å². The van der Waals surface area contributed by atoms with Gasteiger partial charge in [-0.15, -0.1) is 11.3 Å². The molecule has 0 aliphatic carbocycles. The maximum absolute atomic E-state index is 13.2. The number of nitrogens with zero attached hydrogens (tertiary/aromatic N) is 1. The summed E-state index contributed by atoms with van der Waals surface area (Å²) >= 11 is 1.71. The van der Waals surface area contributed by atoms with Gasteiger partial charge in [-0.25, -0.2) is 0 Å². The van der Waals surface area contributed by atoms with Gasteiger partial charge in [-0.05, 0) is 55.0 Å². The molecule has 1 aliphatic rings. The Morgan fingerprint density at radius 3 is 2.69 bits per heavy atom. The maximum atomic E-state index is 13.2. The first-order valence-corrected chi connectivity index (χ1v) is 11.9. The molecule has 3 aromatic rings. The molecule has 1 fully saturated rings. The third-order valence-corrected chi connectivity index (χ3v) is 6.46. The van der Waals surface area contributed by atoms with E-state index in [0.717, 1.165) is 18.4 Å². The van der Waals surface area contributed by atoms with Gasteiger partial charge in [0.25, 0.3) is 5.91 Å². The van der Waals surface area contributed by atoms with Gasteiger partial charge in [-0.1, -0.05) is 42.5 Å². The van der Waals surface area contributed by atoms with Crippen molar-refractivity contribution < 1.29 is 14.3 Å². The summed E-state index contributed by atoms with van der Waals surface area (Å²) in [6.07, 6.45) is 1.97. The molecule has 1 aliphatic heterocycles. The van der Waals surface area contributed by atoms with Crippen LogP contribution in [0.3, 0.4) is 0 Å². The van der Waals surface area contributed by atoms with E-state index in [9.17, 15) is 9.59 Å². The summed E-state index contributed by atoms with van der Waals surface area (Å²) in [5, 5.41) is 4.98. The van der Waals surface area contributed by atoms with E-state index in [0.29, 0.717) is 30.8 Å². The van der Waals surface area contributed by atoms with Crippen LogP contribution >= 0.6 is 11.3 Å². The number of carbonyl (C=O) groups is 2. The zero-order chi connectivity index (χ0) is 22.3. The molecule has 1 aromatic heterocycles. The molecule has 4 rings (SSSR count). The van der Waals surface area contributed by atoms with Crippen LogP contribution < -0.4 is 5.32 Å². The number of benzene rings is 2. The van der Waals surface area contributed by atoms with Gasteiger partial charge in [-0.2, -0.15) is 0 Å². The zero-order valence-electron chi connectivity index (χ0n) is 18.2. The summed E-state index contributed by atoms with van der Waals surface area (Å²) in [5.41, 5.74) is 2.29. The second-order valence-electron chi connectivity index (χ2n) is 8.12. The van der Waals surface area contributed by atoms with E-state index in [1.165, 1.54) is 4.88 Å². The third-order valence-electron chi connectivity index (χ3n) is 5.52. The molecular formula is C26H28N2O3S. The summed E-state index contributed by atoms with van der Waals surface area (Å²) < 4.78 is 6.08. The van der Waals surface area contributed by atoms with Crippen molar-refractivity contribution >= 4 is 28.8 Å². The Morgan fingerprint density at radius 2 is 1.91 bits per heavy atom. The molecule has 2 atom stereocenters. The third kappa shape index (κ3) is 5.84. The summed E-state index contributed by atoms with van der Waals surface area (Å²) in [4.78, 5) is 28.7. The Bertz CT molecular complexity index is 1040. The maximum Gasteiger partial charge on any atom is 0.254 e. The number of morpholine rings is 1. The fourth-order valence-electron chi connectivity index (χ4n) is 3.98. The normalized spacial score (nSPS) is 18.3. The van der Waals surface area contributed by atoms with Crippen LogP contribution in [0.5, 0.6) is 0 Å². The fraction of sp³-hybridized carbons (Fsp3) is 0.308. The van der Waals surface area contributed by atoms with Gasteiger partial charge >= 0.3 is 0 Å². The predicted molar refractivity (Wildman–Crippen MR) is 128 cm³/mol. The molecule has 32 heavy (non-hydrogen) atoms. The molecule has 5 nitrogen and oxygen atoms in total.